The molecule has 0 saturated heterocycles. The first-order chi connectivity index (χ1) is 13.8. The lowest BCUT2D eigenvalue weighted by atomic mass is 10.0. The Morgan fingerprint density at radius 3 is 2.34 bits per heavy atom. The van der Waals surface area contributed by atoms with Crippen LogP contribution in [0.4, 0.5) is 13.2 Å². The minimum Gasteiger partial charge on any atom is -0.421 e. The number of alkyl halides is 3. The van der Waals surface area contributed by atoms with Crippen LogP contribution in [0.3, 0.4) is 0 Å². The van der Waals surface area contributed by atoms with Crippen molar-refractivity contribution in [2.24, 2.45) is 0 Å². The van der Waals surface area contributed by atoms with Crippen molar-refractivity contribution in [3.63, 3.8) is 0 Å². The van der Waals surface area contributed by atoms with Crippen LogP contribution in [-0.4, -0.2) is 34.2 Å². The molecule has 1 aromatic heterocycles. The van der Waals surface area contributed by atoms with E-state index in [1.165, 1.54) is 24.3 Å². The summed E-state index contributed by atoms with van der Waals surface area (Å²) in [6.45, 7) is 1.95. The topological polar surface area (TPSA) is 59.2 Å². The van der Waals surface area contributed by atoms with Gasteiger partial charge in [0.05, 0.1) is 0 Å². The van der Waals surface area contributed by atoms with Gasteiger partial charge in [0, 0.05) is 25.5 Å². The summed E-state index contributed by atoms with van der Waals surface area (Å²) in [5, 5.41) is 7.83. The van der Waals surface area contributed by atoms with Gasteiger partial charge >= 0.3 is 6.18 Å². The van der Waals surface area contributed by atoms with Crippen LogP contribution in [0.2, 0.25) is 0 Å². The second-order valence-corrected chi connectivity index (χ2v) is 6.73. The van der Waals surface area contributed by atoms with Crippen LogP contribution in [0.5, 0.6) is 0 Å². The average Bonchev–Trinajstić information content (AvgIpc) is 3.15. The van der Waals surface area contributed by atoms with E-state index in [0.29, 0.717) is 10.8 Å². The fourth-order valence-corrected chi connectivity index (χ4v) is 2.97. The lowest BCUT2D eigenvalue weighted by Gasteiger charge is -2.30. The lowest BCUT2D eigenvalue weighted by molar-refractivity contribution is -0.188. The van der Waals surface area contributed by atoms with E-state index in [1.807, 2.05) is 31.2 Å². The summed E-state index contributed by atoms with van der Waals surface area (Å²) in [4.78, 5) is 13.1. The fraction of sp³-hybridized carbons (Fsp3) is 0.286. The van der Waals surface area contributed by atoms with Gasteiger partial charge in [-0.3, -0.25) is 4.79 Å². The van der Waals surface area contributed by atoms with Crippen molar-refractivity contribution in [2.45, 2.75) is 32.0 Å². The summed E-state index contributed by atoms with van der Waals surface area (Å²) in [7, 11) is 1.15. The maximum atomic E-state index is 13.6. The van der Waals surface area contributed by atoms with Crippen LogP contribution >= 0.6 is 0 Å². The van der Waals surface area contributed by atoms with E-state index in [-0.39, 0.29) is 24.3 Å². The first kappa shape index (κ1) is 20.6. The average molecular weight is 403 g/mol. The molecule has 2 aromatic carbocycles. The zero-order chi connectivity index (χ0) is 21.0. The van der Waals surface area contributed by atoms with Gasteiger partial charge in [0.15, 0.2) is 6.04 Å². The van der Waals surface area contributed by atoms with Crippen molar-refractivity contribution in [3.8, 4) is 11.5 Å². The number of aromatic nitrogens is 2. The highest BCUT2D eigenvalue weighted by Gasteiger charge is 2.45. The van der Waals surface area contributed by atoms with Crippen LogP contribution in [-0.2, 0) is 11.2 Å². The molecule has 3 rings (SSSR count). The summed E-state index contributed by atoms with van der Waals surface area (Å²) in [5.74, 6) is -0.157. The van der Waals surface area contributed by atoms with Gasteiger partial charge in [0.1, 0.15) is 0 Å². The summed E-state index contributed by atoms with van der Waals surface area (Å²) < 4.78 is 46.2. The third kappa shape index (κ3) is 5.01. The molecule has 0 fully saturated rings. The molecule has 0 N–H and O–H groups in total. The van der Waals surface area contributed by atoms with Crippen LogP contribution in [0, 0.1) is 6.92 Å². The molecule has 0 saturated carbocycles. The van der Waals surface area contributed by atoms with E-state index in [1.54, 1.807) is 6.07 Å². The quantitative estimate of drug-likeness (QED) is 0.597. The molecule has 29 heavy (non-hydrogen) atoms. The monoisotopic (exact) mass is 403 g/mol. The Labute approximate surface area is 166 Å². The molecule has 1 atom stereocenters. The number of halogens is 3. The fourth-order valence-electron chi connectivity index (χ4n) is 2.97. The largest absolute Gasteiger partial charge is 0.421 e. The van der Waals surface area contributed by atoms with Gasteiger partial charge in [-0.15, -0.1) is 10.2 Å². The molecule has 3 aromatic rings. The molecule has 0 aliphatic rings. The van der Waals surface area contributed by atoms with E-state index < -0.39 is 18.1 Å². The second-order valence-electron chi connectivity index (χ2n) is 6.73. The van der Waals surface area contributed by atoms with Crippen molar-refractivity contribution in [3.05, 3.63) is 71.6 Å². The van der Waals surface area contributed by atoms with Crippen molar-refractivity contribution in [2.75, 3.05) is 7.05 Å². The maximum absolute atomic E-state index is 13.6. The Bertz CT molecular complexity index is 953. The van der Waals surface area contributed by atoms with E-state index in [2.05, 4.69) is 10.2 Å². The third-order valence-electron chi connectivity index (χ3n) is 4.52. The first-order valence-electron chi connectivity index (χ1n) is 9.02. The van der Waals surface area contributed by atoms with Crippen molar-refractivity contribution >= 4 is 5.91 Å². The van der Waals surface area contributed by atoms with Gasteiger partial charge in [0.2, 0.25) is 17.7 Å². The molecule has 0 radical (unpaired) electrons. The number of carbonyl (C=O) groups is 1. The predicted molar refractivity (Wildman–Crippen MR) is 101 cm³/mol. The van der Waals surface area contributed by atoms with E-state index in [0.717, 1.165) is 18.2 Å². The first-order valence-corrected chi connectivity index (χ1v) is 9.02. The van der Waals surface area contributed by atoms with Gasteiger partial charge in [-0.2, -0.15) is 13.2 Å². The van der Waals surface area contributed by atoms with Crippen LogP contribution in [0.25, 0.3) is 11.5 Å². The van der Waals surface area contributed by atoms with Crippen molar-refractivity contribution in [1.29, 1.82) is 0 Å². The molecule has 0 aliphatic carbocycles. The molecule has 1 amide bonds. The highest BCUT2D eigenvalue weighted by atomic mass is 19.4. The predicted octanol–water partition coefficient (Wildman–Crippen LogP) is 4.74. The van der Waals surface area contributed by atoms with Crippen molar-refractivity contribution < 1.29 is 22.4 Å². The Morgan fingerprint density at radius 2 is 1.72 bits per heavy atom. The number of nitrogens with zero attached hydrogens (tertiary/aromatic N) is 3. The number of hydrogen-bond acceptors (Lipinski definition) is 4. The van der Waals surface area contributed by atoms with E-state index in [9.17, 15) is 18.0 Å². The zero-order valence-corrected chi connectivity index (χ0v) is 16.0. The molecule has 8 heteroatoms. The molecular weight excluding hydrogens is 383 g/mol. The smallest absolute Gasteiger partial charge is 0.413 e. The van der Waals surface area contributed by atoms with E-state index >= 15 is 0 Å². The minimum atomic E-state index is -4.59. The molecule has 1 heterocycles. The maximum Gasteiger partial charge on any atom is 0.413 e. The molecule has 1 unspecified atom stereocenters. The molecule has 0 spiro atoms. The Hall–Kier alpha value is -3.16. The SMILES string of the molecule is Cc1ccc(-c2nnc(CCC(=O)N(C)C(c3ccccc3)C(F)(F)F)o2)cc1. The molecule has 5 nitrogen and oxygen atoms in total. The second kappa shape index (κ2) is 8.46. The van der Waals surface area contributed by atoms with Gasteiger partial charge in [-0.1, -0.05) is 48.0 Å². The number of rotatable bonds is 6. The highest BCUT2D eigenvalue weighted by molar-refractivity contribution is 5.76. The minimum absolute atomic E-state index is 0.00953. The van der Waals surface area contributed by atoms with Gasteiger partial charge in [-0.25, -0.2) is 0 Å². The summed E-state index contributed by atoms with van der Waals surface area (Å²) in [6.07, 6.45) is -4.71. The summed E-state index contributed by atoms with van der Waals surface area (Å²) in [6, 6.07) is 12.8. The number of hydrogen-bond donors (Lipinski definition) is 0. The standard InChI is InChI=1S/C21H20F3N3O2/c1-14-8-10-16(11-9-14)20-26-25-17(29-20)12-13-18(28)27(2)19(21(22,23)24)15-6-4-3-5-7-15/h3-11,19H,12-13H2,1-2H3. The Kier molecular flexibility index (Phi) is 6.00. The van der Waals surface area contributed by atoms with Crippen LogP contribution in [0.15, 0.2) is 59.0 Å². The van der Waals surface area contributed by atoms with Crippen LogP contribution in [0.1, 0.15) is 29.5 Å². The number of aryl methyl sites for hydroxylation is 2. The molecule has 0 aliphatic heterocycles. The number of carbonyl (C=O) groups excluding carboxylic acids is 1. The van der Waals surface area contributed by atoms with Gasteiger partial charge in [-0.05, 0) is 24.6 Å². The van der Waals surface area contributed by atoms with Gasteiger partial charge in [0.25, 0.3) is 0 Å². The van der Waals surface area contributed by atoms with Crippen LogP contribution < -0.4 is 0 Å². The lowest BCUT2D eigenvalue weighted by Crippen LogP contribution is -2.39. The molecular formula is C21H20F3N3O2. The summed E-state index contributed by atoms with van der Waals surface area (Å²) >= 11 is 0. The summed E-state index contributed by atoms with van der Waals surface area (Å²) in [5.41, 5.74) is 1.83. The molecule has 152 valence electrons. The number of amides is 1. The Morgan fingerprint density at radius 1 is 1.07 bits per heavy atom. The number of benzene rings is 2. The zero-order valence-electron chi connectivity index (χ0n) is 16.0. The van der Waals surface area contributed by atoms with Gasteiger partial charge < -0.3 is 9.32 Å². The normalized spacial score (nSPS) is 12.6. The van der Waals surface area contributed by atoms with E-state index in [4.69, 9.17) is 4.42 Å². The third-order valence-corrected chi connectivity index (χ3v) is 4.52. The highest BCUT2D eigenvalue weighted by Crippen LogP contribution is 2.37. The van der Waals surface area contributed by atoms with Crippen molar-refractivity contribution in [1.82, 2.24) is 15.1 Å². The molecule has 0 bridgehead atoms. The Balaban J connectivity index is 1.67.